The van der Waals surface area contributed by atoms with Crippen LogP contribution in [-0.2, 0) is 62.2 Å². The first-order chi connectivity index (χ1) is 43.6. The average Bonchev–Trinajstić information content (AvgIpc) is 1.45. The maximum atomic E-state index is 15.4. The Balaban J connectivity index is 3.11. The van der Waals surface area contributed by atoms with E-state index in [4.69, 9.17) is 15.2 Å². The number of rotatable bonds is 19. The number of nitrogens with one attached hydrogen (secondary N) is 4. The number of aliphatic hydroxyl groups excluding tert-OH is 1. The maximum Gasteiger partial charge on any atom is 0.404 e. The van der Waals surface area contributed by atoms with Crippen LogP contribution in [0.4, 0.5) is 4.79 Å². The molecule has 0 aliphatic carbocycles. The summed E-state index contributed by atoms with van der Waals surface area (Å²) in [6.45, 7) is 29.0. The van der Waals surface area contributed by atoms with Crippen LogP contribution in [0.3, 0.4) is 0 Å². The molecule has 1 unspecified atom stereocenters. The first kappa shape index (κ1) is 83.2. The zero-order valence-corrected chi connectivity index (χ0v) is 60.6. The summed E-state index contributed by atoms with van der Waals surface area (Å²) in [6, 6.07) is -14.3. The third kappa shape index (κ3) is 22.9. The van der Waals surface area contributed by atoms with Gasteiger partial charge in [-0.3, -0.25) is 52.7 Å². The lowest BCUT2D eigenvalue weighted by atomic mass is 9.91. The monoisotopic (exact) mass is 1330 g/mol. The molecule has 0 spiro atoms. The summed E-state index contributed by atoms with van der Waals surface area (Å²) < 4.78 is 10.9. The van der Waals surface area contributed by atoms with Crippen molar-refractivity contribution in [3.8, 4) is 0 Å². The second kappa shape index (κ2) is 38.0. The number of nitrogens with two attached hydrogens (primary N) is 1. The number of ether oxygens (including phenoxy) is 2. The largest absolute Gasteiger partial charge is 0.447 e. The summed E-state index contributed by atoms with van der Waals surface area (Å²) in [7, 11) is 8.46. The fraction of sp³-hybridized carbons (Fsp3) is 0.791. The zero-order valence-electron chi connectivity index (χ0n) is 60.6. The summed E-state index contributed by atoms with van der Waals surface area (Å²) in [5.74, 6) is -10.5. The summed E-state index contributed by atoms with van der Waals surface area (Å²) in [5, 5.41) is 23.4. The van der Waals surface area contributed by atoms with E-state index in [1.54, 1.807) is 60.6 Å². The molecular formula is C67H118N12O15. The van der Waals surface area contributed by atoms with Gasteiger partial charge in [-0.1, -0.05) is 109 Å². The van der Waals surface area contributed by atoms with Gasteiger partial charge in [-0.25, -0.2) is 4.79 Å². The first-order valence-electron chi connectivity index (χ1n) is 33.5. The van der Waals surface area contributed by atoms with Crippen LogP contribution in [0.2, 0.25) is 0 Å². The molecule has 7 N–H and O–H groups in total. The number of amides is 12. The second-order valence-electron chi connectivity index (χ2n) is 28.2. The SMILES string of the molecule is C/C=C/C[C@@H](C)[C@@H](O)[C@H]1C(=O)N[C@@H](CC)C(=O)N2CC(OCCOC(N)=O)C[C@@H]2C(=O)N(C)[C@@H](CC(C)C)C(=O)N[C@@H](C(C)C)C(=O)N(C)[C@@H](CC(C)C)C(=O)N[C@@H](C)C(=O)N[C@H](C)C(=O)N(C)[C@@H](CC(C)C)C(=O)N(C)[C@@H](CC(C)C)C(=O)N(C)[C@@H](C(C)C)C(=O)N1C. The van der Waals surface area contributed by atoms with Crippen LogP contribution in [0, 0.1) is 41.4 Å². The van der Waals surface area contributed by atoms with Gasteiger partial charge >= 0.3 is 6.09 Å². The van der Waals surface area contributed by atoms with Gasteiger partial charge in [-0.05, 0) is 101 Å². The van der Waals surface area contributed by atoms with Crippen molar-refractivity contribution >= 4 is 71.1 Å². The van der Waals surface area contributed by atoms with Crippen molar-refractivity contribution in [3.63, 3.8) is 0 Å². The van der Waals surface area contributed by atoms with E-state index in [0.29, 0.717) is 0 Å². The van der Waals surface area contributed by atoms with Crippen LogP contribution in [0.15, 0.2) is 12.2 Å². The predicted octanol–water partition coefficient (Wildman–Crippen LogP) is 2.89. The van der Waals surface area contributed by atoms with Gasteiger partial charge in [0, 0.05) is 55.3 Å². The Bertz CT molecular complexity index is 2630. The Morgan fingerprint density at radius 2 is 0.979 bits per heavy atom. The molecule has 536 valence electrons. The minimum absolute atomic E-state index is 0.0636. The third-order valence-corrected chi connectivity index (χ3v) is 17.8. The highest BCUT2D eigenvalue weighted by Crippen LogP contribution is 2.29. The summed E-state index contributed by atoms with van der Waals surface area (Å²) in [4.78, 5) is 184. The third-order valence-electron chi connectivity index (χ3n) is 17.8. The Labute approximate surface area is 559 Å². The number of allylic oxidation sites excluding steroid dienone is 2. The number of fused-ring (bicyclic) bond motifs is 1. The molecule has 27 heteroatoms. The fourth-order valence-corrected chi connectivity index (χ4v) is 12.2. The van der Waals surface area contributed by atoms with Gasteiger partial charge in [0.05, 0.1) is 18.8 Å². The number of likely N-dealkylation sites (N-methyl/N-ethyl adjacent to an activating group) is 6. The van der Waals surface area contributed by atoms with E-state index in [0.717, 1.165) is 4.90 Å². The van der Waals surface area contributed by atoms with Gasteiger partial charge in [-0.15, -0.1) is 0 Å². The molecule has 0 radical (unpaired) electrons. The van der Waals surface area contributed by atoms with Gasteiger partial charge in [0.25, 0.3) is 0 Å². The lowest BCUT2D eigenvalue weighted by Gasteiger charge is -2.41. The van der Waals surface area contributed by atoms with Gasteiger partial charge in [-0.2, -0.15) is 0 Å². The molecule has 2 rings (SSSR count). The van der Waals surface area contributed by atoms with E-state index in [1.165, 1.54) is 85.5 Å². The quantitative estimate of drug-likeness (QED) is 0.0800. The molecule has 0 aromatic carbocycles. The number of hydrogen-bond acceptors (Lipinski definition) is 15. The van der Waals surface area contributed by atoms with Crippen molar-refractivity contribution < 1.29 is 72.1 Å². The summed E-state index contributed by atoms with van der Waals surface area (Å²) >= 11 is 0. The fourth-order valence-electron chi connectivity index (χ4n) is 12.2. The lowest BCUT2D eigenvalue weighted by molar-refractivity contribution is -0.157. The van der Waals surface area contributed by atoms with Crippen molar-refractivity contribution in [2.45, 2.75) is 241 Å². The Morgan fingerprint density at radius 3 is 1.45 bits per heavy atom. The van der Waals surface area contributed by atoms with Crippen molar-refractivity contribution in [1.29, 1.82) is 0 Å². The average molecular weight is 1330 g/mol. The van der Waals surface area contributed by atoms with Crippen LogP contribution in [0.25, 0.3) is 0 Å². The molecule has 94 heavy (non-hydrogen) atoms. The van der Waals surface area contributed by atoms with Crippen LogP contribution in [0.5, 0.6) is 0 Å². The van der Waals surface area contributed by atoms with Gasteiger partial charge in [0.15, 0.2) is 0 Å². The van der Waals surface area contributed by atoms with Crippen molar-refractivity contribution in [3.05, 3.63) is 12.2 Å². The maximum absolute atomic E-state index is 15.4. The molecule has 2 aliphatic heterocycles. The number of carbonyl (C=O) groups is 12. The molecular weight excluding hydrogens is 1210 g/mol. The van der Waals surface area contributed by atoms with Crippen LogP contribution < -0.4 is 27.0 Å². The van der Waals surface area contributed by atoms with Crippen LogP contribution in [0.1, 0.15) is 163 Å². The van der Waals surface area contributed by atoms with Crippen molar-refractivity contribution in [2.75, 3.05) is 62.0 Å². The minimum Gasteiger partial charge on any atom is -0.447 e. The number of hydrogen-bond donors (Lipinski definition) is 6. The van der Waals surface area contributed by atoms with Crippen LogP contribution in [-0.4, -0.2) is 251 Å². The zero-order chi connectivity index (χ0) is 72.2. The molecule has 0 saturated carbocycles. The highest BCUT2D eigenvalue weighted by molar-refractivity contribution is 6.00. The summed E-state index contributed by atoms with van der Waals surface area (Å²) in [6.07, 6.45) is 0.623. The molecule has 2 saturated heterocycles. The molecule has 12 amide bonds. The number of primary amides is 1. The number of carbonyl (C=O) groups excluding carboxylic acids is 12. The Morgan fingerprint density at radius 1 is 0.532 bits per heavy atom. The molecule has 14 atom stereocenters. The van der Waals surface area contributed by atoms with Gasteiger partial charge in [0.2, 0.25) is 65.0 Å². The topological polar surface area (TPSA) is 340 Å². The van der Waals surface area contributed by atoms with E-state index >= 15 is 28.8 Å². The van der Waals surface area contributed by atoms with Gasteiger partial charge < -0.3 is 75.9 Å². The molecule has 2 heterocycles. The second-order valence-corrected chi connectivity index (χ2v) is 28.2. The minimum atomic E-state index is -1.69. The molecule has 0 aromatic heterocycles. The van der Waals surface area contributed by atoms with Crippen molar-refractivity contribution in [1.82, 2.24) is 55.6 Å². The molecule has 2 fully saturated rings. The predicted molar refractivity (Wildman–Crippen MR) is 356 cm³/mol. The van der Waals surface area contributed by atoms with Crippen LogP contribution >= 0.6 is 0 Å². The highest BCUT2D eigenvalue weighted by Gasteiger charge is 2.49. The highest BCUT2D eigenvalue weighted by atomic mass is 16.6. The van der Waals surface area contributed by atoms with E-state index < -0.39 is 167 Å². The van der Waals surface area contributed by atoms with Gasteiger partial charge in [0.1, 0.15) is 73.1 Å². The molecule has 0 aromatic rings. The number of aliphatic hydroxyl groups is 1. The van der Waals surface area contributed by atoms with E-state index in [9.17, 15) is 33.9 Å². The van der Waals surface area contributed by atoms with Crippen molar-refractivity contribution in [2.24, 2.45) is 47.2 Å². The number of nitrogens with zero attached hydrogens (tertiary/aromatic N) is 7. The smallest absolute Gasteiger partial charge is 0.404 e. The molecule has 2 aliphatic rings. The van der Waals surface area contributed by atoms with E-state index in [2.05, 4.69) is 21.3 Å². The molecule has 27 nitrogen and oxygen atoms in total. The Hall–Kier alpha value is -6.90. The standard InChI is InChI=1S/C67H118N12O15/c1-24-26-27-42(15)55(80)54-59(84)71-46(25-2)61(86)79-35-45(93-28-29-94-67(68)92)34-51(79)64(89)73(18)48(31-37(5)6)58(83)72-52(40(11)12)65(90)74(19)47(30-36(3)4)57(82)69-43(16)56(81)70-44(17)60(85)75(20)49(32-38(7)8)62(87)76(21)50(33-39(9)10)63(88)77(22)53(41(13)14)66(91)78(54)23/h24,26,36-55,80H,25,27-35H2,1-23H3,(H2,68,92)(H,69,82)(H,70,81)(H,71,84)(H,72,83)/b26-24+/t42-,43+,44-,45?,46+,47+,48+,49+,50+,51-,52+,53+,54+,55-/m1/s1. The summed E-state index contributed by atoms with van der Waals surface area (Å²) in [5.41, 5.74) is 5.20. The Kier molecular flexibility index (Phi) is 33.6. The normalized spacial score (nSPS) is 27.6. The lowest BCUT2D eigenvalue weighted by Crippen LogP contribution is -2.64. The molecule has 0 bridgehead atoms. The first-order valence-corrected chi connectivity index (χ1v) is 33.5. The van der Waals surface area contributed by atoms with E-state index in [1.807, 2.05) is 55.4 Å². The van der Waals surface area contributed by atoms with E-state index in [-0.39, 0.29) is 88.4 Å².